The second-order valence-electron chi connectivity index (χ2n) is 13.9. The number of halogens is 1. The third-order valence-corrected chi connectivity index (χ3v) is 12.7. The van der Waals surface area contributed by atoms with Gasteiger partial charge in [0.1, 0.15) is 5.60 Å². The first-order valence-electron chi connectivity index (χ1n) is 15.2. The van der Waals surface area contributed by atoms with Gasteiger partial charge >= 0.3 is 5.97 Å². The van der Waals surface area contributed by atoms with Crippen molar-refractivity contribution in [1.29, 1.82) is 0 Å². The standard InChI is InChI=1S/C32H44ClNO7/c1-18-13-25-24-10-9-22-14-23(36)11-12-29(22,3)31(24,33)26(37)15-30(25,4)32(18,40)27(38)17-41-28(39)21-7-5-20(6-8-21)16-34-19(2)35/h11-12,14,18,20-21,24-26,37,40H,5-10,13,15-17H2,1-4H3,(H,34,35)/t18-,20?,21?,24?,25?,26-,29-,30-,31-,32-/m0/s1. The van der Waals surface area contributed by atoms with E-state index in [1.54, 1.807) is 6.08 Å². The van der Waals surface area contributed by atoms with Crippen molar-refractivity contribution in [1.82, 2.24) is 5.32 Å². The third-order valence-electron chi connectivity index (χ3n) is 11.8. The van der Waals surface area contributed by atoms with Gasteiger partial charge in [-0.3, -0.25) is 19.2 Å². The van der Waals surface area contributed by atoms with E-state index in [1.165, 1.54) is 13.0 Å². The number of Topliss-reactive ketones (excluding diaryl/α,β-unsaturated/α-hetero) is 1. The van der Waals surface area contributed by atoms with Gasteiger partial charge in [0.25, 0.3) is 0 Å². The summed E-state index contributed by atoms with van der Waals surface area (Å²) in [7, 11) is 0. The first-order valence-corrected chi connectivity index (χ1v) is 15.5. The Balaban J connectivity index is 1.29. The fraction of sp³-hybridized carbons (Fsp3) is 0.750. The molecule has 1 amide bonds. The topological polar surface area (TPSA) is 130 Å². The van der Waals surface area contributed by atoms with Gasteiger partial charge in [-0.25, -0.2) is 0 Å². The van der Waals surface area contributed by atoms with Crippen LogP contribution in [0.3, 0.4) is 0 Å². The van der Waals surface area contributed by atoms with Crippen LogP contribution in [-0.2, 0) is 23.9 Å². The monoisotopic (exact) mass is 589 g/mol. The number of carbonyl (C=O) groups is 4. The zero-order chi connectivity index (χ0) is 30.0. The molecule has 5 aliphatic carbocycles. The van der Waals surface area contributed by atoms with Crippen LogP contribution in [0, 0.1) is 40.4 Å². The Labute approximate surface area is 247 Å². The van der Waals surface area contributed by atoms with Crippen molar-refractivity contribution >= 4 is 35.0 Å². The van der Waals surface area contributed by atoms with Crippen LogP contribution >= 0.6 is 11.6 Å². The SMILES string of the molecule is CC(=O)NCC1CCC(C(=O)OCC(=O)[C@@]2(O)[C@@H](C)CC3C4CCC5=CC(=O)C=C[C@]5(C)[C@@]4(Cl)[C@@H](O)C[C@@]32C)CC1. The second-order valence-corrected chi connectivity index (χ2v) is 14.5. The lowest BCUT2D eigenvalue weighted by molar-refractivity contribution is -0.183. The highest BCUT2D eigenvalue weighted by atomic mass is 35.5. The van der Waals surface area contributed by atoms with Crippen LogP contribution in [0.15, 0.2) is 23.8 Å². The maximum atomic E-state index is 13.8. The van der Waals surface area contributed by atoms with E-state index < -0.39 is 51.7 Å². The van der Waals surface area contributed by atoms with Gasteiger partial charge in [-0.1, -0.05) is 32.4 Å². The van der Waals surface area contributed by atoms with E-state index in [4.69, 9.17) is 16.3 Å². The van der Waals surface area contributed by atoms with Crippen molar-refractivity contribution < 1.29 is 34.1 Å². The molecule has 0 aromatic rings. The molecule has 41 heavy (non-hydrogen) atoms. The van der Waals surface area contributed by atoms with Crippen LogP contribution in [0.5, 0.6) is 0 Å². The molecule has 0 aromatic heterocycles. The van der Waals surface area contributed by atoms with E-state index in [-0.39, 0.29) is 35.9 Å². The van der Waals surface area contributed by atoms with Crippen molar-refractivity contribution in [3.63, 3.8) is 0 Å². The summed E-state index contributed by atoms with van der Waals surface area (Å²) < 4.78 is 5.52. The molecule has 0 saturated heterocycles. The van der Waals surface area contributed by atoms with Crippen LogP contribution < -0.4 is 5.32 Å². The molecule has 5 aliphatic rings. The van der Waals surface area contributed by atoms with Gasteiger partial charge in [-0.05, 0) is 87.2 Å². The number of hydrogen-bond donors (Lipinski definition) is 3. The van der Waals surface area contributed by atoms with Gasteiger partial charge in [-0.15, -0.1) is 11.6 Å². The molecule has 8 nitrogen and oxygen atoms in total. The maximum absolute atomic E-state index is 13.8. The fourth-order valence-corrected chi connectivity index (χ4v) is 9.92. The van der Waals surface area contributed by atoms with Gasteiger partial charge in [-0.2, -0.15) is 0 Å². The van der Waals surface area contributed by atoms with E-state index >= 15 is 0 Å². The average molecular weight is 590 g/mol. The van der Waals surface area contributed by atoms with Crippen LogP contribution in [0.25, 0.3) is 0 Å². The highest BCUT2D eigenvalue weighted by molar-refractivity contribution is 6.26. The summed E-state index contributed by atoms with van der Waals surface area (Å²) >= 11 is 7.46. The van der Waals surface area contributed by atoms with Gasteiger partial charge in [0.05, 0.1) is 16.9 Å². The summed E-state index contributed by atoms with van der Waals surface area (Å²) in [5, 5.41) is 26.7. The molecule has 0 heterocycles. The van der Waals surface area contributed by atoms with Gasteiger partial charge < -0.3 is 20.3 Å². The smallest absolute Gasteiger partial charge is 0.309 e. The Morgan fingerprint density at radius 2 is 1.80 bits per heavy atom. The lowest BCUT2D eigenvalue weighted by Gasteiger charge is -2.63. The highest BCUT2D eigenvalue weighted by Gasteiger charge is 2.74. The predicted octanol–water partition coefficient (Wildman–Crippen LogP) is 3.66. The van der Waals surface area contributed by atoms with Gasteiger partial charge in [0, 0.05) is 24.3 Å². The largest absolute Gasteiger partial charge is 0.457 e. The fourth-order valence-electron chi connectivity index (χ4n) is 9.40. The molecule has 0 bridgehead atoms. The van der Waals surface area contributed by atoms with E-state index in [0.717, 1.165) is 18.4 Å². The molecular formula is C32H44ClNO7. The average Bonchev–Trinajstić information content (AvgIpc) is 3.13. The van der Waals surface area contributed by atoms with Crippen molar-refractivity contribution in [3.05, 3.63) is 23.8 Å². The number of ketones is 2. The number of hydrogen-bond acceptors (Lipinski definition) is 7. The summed E-state index contributed by atoms with van der Waals surface area (Å²) in [6, 6.07) is 0. The summed E-state index contributed by atoms with van der Waals surface area (Å²) in [6.45, 7) is 7.30. The summed E-state index contributed by atoms with van der Waals surface area (Å²) in [4.78, 5) is 48.9. The van der Waals surface area contributed by atoms with Crippen LogP contribution in [-0.4, -0.2) is 63.4 Å². The van der Waals surface area contributed by atoms with E-state index in [9.17, 15) is 29.4 Å². The first kappa shape index (κ1) is 30.4. The first-order chi connectivity index (χ1) is 19.2. The van der Waals surface area contributed by atoms with Gasteiger partial charge in [0.15, 0.2) is 12.4 Å². The number of alkyl halides is 1. The van der Waals surface area contributed by atoms with Crippen LogP contribution in [0.1, 0.15) is 79.1 Å². The van der Waals surface area contributed by atoms with E-state index in [1.807, 2.05) is 26.8 Å². The summed E-state index contributed by atoms with van der Waals surface area (Å²) in [5.74, 6) is -1.79. The van der Waals surface area contributed by atoms with Crippen LogP contribution in [0.2, 0.25) is 0 Å². The Morgan fingerprint density at radius 1 is 1.12 bits per heavy atom. The molecule has 0 aromatic carbocycles. The predicted molar refractivity (Wildman–Crippen MR) is 153 cm³/mol. The van der Waals surface area contributed by atoms with Crippen molar-refractivity contribution in [2.24, 2.45) is 40.4 Å². The zero-order valence-electron chi connectivity index (χ0n) is 24.6. The molecule has 4 saturated carbocycles. The molecule has 9 heteroatoms. The Bertz CT molecular complexity index is 1190. The number of rotatable bonds is 6. The minimum atomic E-state index is -1.78. The normalized spacial score (nSPS) is 45.1. The number of ether oxygens (including phenoxy) is 1. The molecule has 0 aliphatic heterocycles. The molecule has 4 fully saturated rings. The van der Waals surface area contributed by atoms with E-state index in [2.05, 4.69) is 5.32 Å². The summed E-state index contributed by atoms with van der Waals surface area (Å²) in [6.07, 6.45) is 8.85. The Kier molecular flexibility index (Phi) is 7.87. The molecule has 8 atom stereocenters. The molecule has 5 rings (SSSR count). The third kappa shape index (κ3) is 4.54. The number of fused-ring (bicyclic) bond motifs is 5. The zero-order valence-corrected chi connectivity index (χ0v) is 25.3. The quantitative estimate of drug-likeness (QED) is 0.318. The van der Waals surface area contributed by atoms with Gasteiger partial charge in [0.2, 0.25) is 11.7 Å². The molecular weight excluding hydrogens is 546 g/mol. The maximum Gasteiger partial charge on any atom is 0.309 e. The molecule has 0 radical (unpaired) electrons. The number of aliphatic hydroxyl groups excluding tert-OH is 1. The number of allylic oxidation sites excluding steroid dienone is 4. The van der Waals surface area contributed by atoms with Crippen LogP contribution in [0.4, 0.5) is 0 Å². The van der Waals surface area contributed by atoms with Crippen molar-refractivity contribution in [2.75, 3.05) is 13.2 Å². The minimum Gasteiger partial charge on any atom is -0.457 e. The number of nitrogens with one attached hydrogen (secondary N) is 1. The Hall–Kier alpha value is -2.03. The Morgan fingerprint density at radius 3 is 2.46 bits per heavy atom. The number of carbonyl (C=O) groups excluding carboxylic acids is 4. The van der Waals surface area contributed by atoms with Crippen molar-refractivity contribution in [3.8, 4) is 0 Å². The molecule has 3 N–H and O–H groups in total. The molecule has 0 spiro atoms. The number of esters is 1. The van der Waals surface area contributed by atoms with E-state index in [0.29, 0.717) is 44.6 Å². The van der Waals surface area contributed by atoms with Crippen molar-refractivity contribution in [2.45, 2.75) is 95.6 Å². The summed E-state index contributed by atoms with van der Waals surface area (Å²) in [5.41, 5.74) is -2.52. The molecule has 2 unspecified atom stereocenters. The highest BCUT2D eigenvalue weighted by Crippen LogP contribution is 2.71. The lowest BCUT2D eigenvalue weighted by Crippen LogP contribution is -2.69. The number of aliphatic hydroxyl groups is 2. The number of amides is 1. The molecule has 226 valence electrons. The minimum absolute atomic E-state index is 0.0659. The second kappa shape index (κ2) is 10.6. The lowest BCUT2D eigenvalue weighted by atomic mass is 9.45.